The van der Waals surface area contributed by atoms with Crippen molar-refractivity contribution in [3.05, 3.63) is 44.8 Å². The van der Waals surface area contributed by atoms with Gasteiger partial charge in [-0.2, -0.15) is 5.26 Å². The Morgan fingerprint density at radius 3 is 2.47 bits per heavy atom. The van der Waals surface area contributed by atoms with Gasteiger partial charge in [0.1, 0.15) is 26.7 Å². The second-order valence-corrected chi connectivity index (χ2v) is 10.4. The molecule has 1 saturated carbocycles. The first-order chi connectivity index (χ1) is 14.9. The Morgan fingerprint density at radius 1 is 1.47 bits per heavy atom. The van der Waals surface area contributed by atoms with E-state index in [2.05, 4.69) is 4.98 Å². The molecule has 0 radical (unpaired) electrons. The topological polar surface area (TPSA) is 146 Å². The summed E-state index contributed by atoms with van der Waals surface area (Å²) in [5.41, 5.74) is 7.01. The minimum absolute atomic E-state index is 0.0436. The summed E-state index contributed by atoms with van der Waals surface area (Å²) in [4.78, 5) is 15.3. The lowest BCUT2D eigenvalue weighted by Gasteiger charge is -2.18. The molecular formula is C22H29FN4O3S2. The quantitative estimate of drug-likeness (QED) is 0.443. The van der Waals surface area contributed by atoms with Crippen LogP contribution in [0.4, 0.5) is 4.39 Å². The van der Waals surface area contributed by atoms with Gasteiger partial charge in [0.25, 0.3) is 0 Å². The van der Waals surface area contributed by atoms with Crippen molar-refractivity contribution in [3.63, 3.8) is 0 Å². The number of carbonyl (C=O) groups is 1. The van der Waals surface area contributed by atoms with Gasteiger partial charge in [-0.1, -0.05) is 13.8 Å². The van der Waals surface area contributed by atoms with Crippen LogP contribution in [0.5, 0.6) is 0 Å². The number of aliphatic hydroxyl groups excluding tert-OH is 1. The van der Waals surface area contributed by atoms with Crippen molar-refractivity contribution in [2.24, 2.45) is 10.9 Å². The monoisotopic (exact) mass is 480 g/mol. The highest BCUT2D eigenvalue weighted by Gasteiger charge is 2.31. The summed E-state index contributed by atoms with van der Waals surface area (Å²) in [6.07, 6.45) is 2.10. The minimum Gasteiger partial charge on any atom is -0.390 e. The fourth-order valence-electron chi connectivity index (χ4n) is 3.34. The number of benzene rings is 1. The predicted octanol–water partition coefficient (Wildman–Crippen LogP) is 3.55. The number of amides is 1. The summed E-state index contributed by atoms with van der Waals surface area (Å²) < 4.78 is 15.1. The summed E-state index contributed by atoms with van der Waals surface area (Å²) in [7, 11) is 0. The third-order valence-corrected chi connectivity index (χ3v) is 7.15. The first-order valence-electron chi connectivity index (χ1n) is 10.2. The molecule has 0 saturated heterocycles. The van der Waals surface area contributed by atoms with E-state index in [1.165, 1.54) is 11.3 Å². The van der Waals surface area contributed by atoms with Gasteiger partial charge in [0.2, 0.25) is 5.91 Å². The first-order valence-corrected chi connectivity index (χ1v) is 11.9. The minimum atomic E-state index is -0.970. The van der Waals surface area contributed by atoms with Crippen molar-refractivity contribution in [1.29, 1.82) is 5.26 Å². The maximum atomic E-state index is 14.3. The molecule has 1 fully saturated rings. The van der Waals surface area contributed by atoms with Gasteiger partial charge in [-0.15, -0.1) is 11.3 Å². The SMILES string of the molecule is CC(C)(O)c1nc(CO)c(SN)s1.CC(C)c1c(F)c(C#N)cc(C2CC2)c1CC(N)=O. The standard InChI is InChI=1S/C15H17FN2O.C7H12N2O2S2/c1-8(2)14-12(6-13(18)19)11(9-3-4-9)5-10(7-17)15(14)16;1-7(2,11)6-9-4(3-10)5(12-6)13-8/h5,8-9H,3-4,6H2,1-2H3,(H2,18,19);10-11H,3,8H2,1-2H3. The number of hydrogen-bond acceptors (Lipinski definition) is 8. The maximum absolute atomic E-state index is 14.3. The van der Waals surface area contributed by atoms with Gasteiger partial charge in [0, 0.05) is 0 Å². The van der Waals surface area contributed by atoms with Crippen LogP contribution < -0.4 is 10.9 Å². The van der Waals surface area contributed by atoms with Crippen molar-refractivity contribution in [2.75, 3.05) is 0 Å². The summed E-state index contributed by atoms with van der Waals surface area (Å²) in [6.45, 7) is 6.88. The second kappa shape index (κ2) is 10.7. The number of halogens is 1. The fraction of sp³-hybridized carbons (Fsp3) is 0.500. The molecule has 10 heteroatoms. The van der Waals surface area contributed by atoms with Gasteiger partial charge in [0.05, 0.1) is 24.3 Å². The molecule has 0 spiro atoms. The van der Waals surface area contributed by atoms with Crippen molar-refractivity contribution in [3.8, 4) is 6.07 Å². The molecule has 32 heavy (non-hydrogen) atoms. The van der Waals surface area contributed by atoms with E-state index >= 15 is 0 Å². The largest absolute Gasteiger partial charge is 0.390 e. The molecule has 1 aliphatic rings. The van der Waals surface area contributed by atoms with Crippen molar-refractivity contribution in [2.45, 2.75) is 75.2 Å². The number of nitrogens with zero attached hydrogens (tertiary/aromatic N) is 2. The smallest absolute Gasteiger partial charge is 0.221 e. The molecule has 0 aliphatic heterocycles. The van der Waals surface area contributed by atoms with Gasteiger partial charge in [-0.3, -0.25) is 9.93 Å². The molecule has 1 aromatic heterocycles. The van der Waals surface area contributed by atoms with E-state index in [-0.39, 0.29) is 24.5 Å². The third kappa shape index (κ3) is 6.27. The lowest BCUT2D eigenvalue weighted by Crippen LogP contribution is -2.18. The van der Waals surface area contributed by atoms with Crippen LogP contribution in [-0.4, -0.2) is 21.1 Å². The number of thiazole rings is 1. The average molecular weight is 481 g/mol. The average Bonchev–Trinajstić information content (AvgIpc) is 3.44. The Morgan fingerprint density at radius 2 is 2.09 bits per heavy atom. The van der Waals surface area contributed by atoms with Gasteiger partial charge in [-0.05, 0) is 73.2 Å². The maximum Gasteiger partial charge on any atom is 0.221 e. The van der Waals surface area contributed by atoms with Crippen molar-refractivity contribution >= 4 is 29.2 Å². The summed E-state index contributed by atoms with van der Waals surface area (Å²) in [6, 6.07) is 3.50. The number of hydrogen-bond donors (Lipinski definition) is 4. The molecule has 1 amide bonds. The molecule has 174 valence electrons. The molecule has 0 bridgehead atoms. The van der Waals surface area contributed by atoms with Crippen LogP contribution in [0.1, 0.15) is 85.3 Å². The van der Waals surface area contributed by atoms with Gasteiger partial charge >= 0.3 is 0 Å². The second-order valence-electron chi connectivity index (χ2n) is 8.49. The number of primary amides is 1. The van der Waals surface area contributed by atoms with Crippen LogP contribution in [0, 0.1) is 17.1 Å². The van der Waals surface area contributed by atoms with E-state index in [4.69, 9.17) is 21.2 Å². The molecule has 0 atom stereocenters. The van der Waals surface area contributed by atoms with Crippen LogP contribution in [0.15, 0.2) is 10.3 Å². The molecule has 3 rings (SSSR count). The molecule has 1 heterocycles. The Balaban J connectivity index is 0.000000244. The Hall–Kier alpha value is -2.03. The number of nitrogens with two attached hydrogens (primary N) is 2. The number of rotatable bonds is 7. The lowest BCUT2D eigenvalue weighted by atomic mass is 9.87. The zero-order valence-corrected chi connectivity index (χ0v) is 20.2. The van der Waals surface area contributed by atoms with Crippen molar-refractivity contribution in [1.82, 2.24) is 4.98 Å². The number of carbonyl (C=O) groups excluding carboxylic acids is 1. The molecule has 6 N–H and O–H groups in total. The molecule has 2 aromatic rings. The highest BCUT2D eigenvalue weighted by molar-refractivity contribution is 7.99. The molecule has 0 unspecified atom stereocenters. The Bertz CT molecular complexity index is 1000. The highest BCUT2D eigenvalue weighted by atomic mass is 32.2. The predicted molar refractivity (Wildman–Crippen MR) is 123 cm³/mol. The van der Waals surface area contributed by atoms with Crippen LogP contribution in [0.25, 0.3) is 0 Å². The van der Waals surface area contributed by atoms with E-state index in [0.29, 0.717) is 27.7 Å². The lowest BCUT2D eigenvalue weighted by molar-refractivity contribution is -0.117. The van der Waals surface area contributed by atoms with Gasteiger partial charge in [0.15, 0.2) is 0 Å². The molecule has 7 nitrogen and oxygen atoms in total. The van der Waals surface area contributed by atoms with Crippen LogP contribution in [0.2, 0.25) is 0 Å². The van der Waals surface area contributed by atoms with E-state index < -0.39 is 17.3 Å². The number of aliphatic hydroxyl groups is 2. The Kier molecular flexibility index (Phi) is 8.79. The number of aromatic nitrogens is 1. The molecule has 1 aliphatic carbocycles. The normalized spacial score (nSPS) is 13.5. The zero-order chi connectivity index (χ0) is 24.2. The summed E-state index contributed by atoms with van der Waals surface area (Å²) in [5, 5.41) is 33.5. The zero-order valence-electron chi connectivity index (χ0n) is 18.6. The van der Waals surface area contributed by atoms with E-state index in [1.54, 1.807) is 19.9 Å². The van der Waals surface area contributed by atoms with Crippen LogP contribution in [-0.2, 0) is 23.4 Å². The molecule has 1 aromatic carbocycles. The summed E-state index contributed by atoms with van der Waals surface area (Å²) >= 11 is 2.35. The highest BCUT2D eigenvalue weighted by Crippen LogP contribution is 2.44. The fourth-order valence-corrected chi connectivity index (χ4v) is 4.83. The van der Waals surface area contributed by atoms with Gasteiger partial charge < -0.3 is 15.9 Å². The number of nitriles is 1. The Labute approximate surface area is 195 Å². The van der Waals surface area contributed by atoms with Crippen LogP contribution in [0.3, 0.4) is 0 Å². The van der Waals surface area contributed by atoms with Crippen molar-refractivity contribution < 1.29 is 19.4 Å². The van der Waals surface area contributed by atoms with E-state index in [9.17, 15) is 14.3 Å². The van der Waals surface area contributed by atoms with Crippen LogP contribution >= 0.6 is 23.3 Å². The van der Waals surface area contributed by atoms with E-state index in [0.717, 1.165) is 34.6 Å². The summed E-state index contributed by atoms with van der Waals surface area (Å²) in [5.74, 6) is -0.703. The first kappa shape index (κ1) is 26.2. The van der Waals surface area contributed by atoms with Gasteiger partial charge in [-0.25, -0.2) is 9.37 Å². The third-order valence-electron chi connectivity index (χ3n) is 4.95. The van der Waals surface area contributed by atoms with E-state index in [1.807, 2.05) is 19.9 Å². The molecular weight excluding hydrogens is 451 g/mol.